The zero-order valence-corrected chi connectivity index (χ0v) is 18.5. The Morgan fingerprint density at radius 2 is 1.94 bits per heavy atom. The monoisotopic (exact) mass is 473 g/mol. The zero-order valence-electron chi connectivity index (χ0n) is 18.5. The molecule has 0 saturated carbocycles. The van der Waals surface area contributed by atoms with Gasteiger partial charge >= 0.3 is 0 Å². The lowest BCUT2D eigenvalue weighted by atomic mass is 9.93. The lowest BCUT2D eigenvalue weighted by molar-refractivity contribution is -0.0196. The molecular formula is C25H20FN5O4. The first-order valence-electron chi connectivity index (χ1n) is 11.4. The Hall–Kier alpha value is -4.18. The molecule has 35 heavy (non-hydrogen) atoms. The molecule has 0 spiro atoms. The summed E-state index contributed by atoms with van der Waals surface area (Å²) in [6, 6.07) is 11.8. The van der Waals surface area contributed by atoms with Gasteiger partial charge in [-0.3, -0.25) is 19.3 Å². The number of fused-ring (bicyclic) bond motifs is 3. The summed E-state index contributed by atoms with van der Waals surface area (Å²) in [4.78, 5) is 31.7. The molecule has 5 heterocycles. The first-order chi connectivity index (χ1) is 17.0. The van der Waals surface area contributed by atoms with Crippen LogP contribution in [-0.2, 0) is 11.3 Å². The molecule has 0 aliphatic carbocycles. The largest absolute Gasteiger partial charge is 0.502 e. The van der Waals surface area contributed by atoms with Crippen molar-refractivity contribution in [2.24, 2.45) is 0 Å². The van der Waals surface area contributed by atoms with Gasteiger partial charge in [-0.1, -0.05) is 30.3 Å². The summed E-state index contributed by atoms with van der Waals surface area (Å²) in [6.07, 6.45) is 2.63. The Morgan fingerprint density at radius 3 is 2.83 bits per heavy atom. The van der Waals surface area contributed by atoms with Gasteiger partial charge in [-0.05, 0) is 17.2 Å². The molecular weight excluding hydrogens is 453 g/mol. The number of amides is 1. The van der Waals surface area contributed by atoms with Crippen LogP contribution < -0.4 is 10.4 Å². The molecule has 2 aromatic carbocycles. The number of pyridine rings is 1. The van der Waals surface area contributed by atoms with Crippen LogP contribution in [0, 0.1) is 5.82 Å². The van der Waals surface area contributed by atoms with Crippen LogP contribution in [0.15, 0.2) is 59.8 Å². The number of carbonyl (C=O) groups is 1. The Balaban J connectivity index is 1.58. The molecule has 176 valence electrons. The highest BCUT2D eigenvalue weighted by Crippen LogP contribution is 2.41. The van der Waals surface area contributed by atoms with Crippen LogP contribution in [0.5, 0.6) is 5.75 Å². The number of morpholine rings is 1. The van der Waals surface area contributed by atoms with Crippen LogP contribution in [0.3, 0.4) is 0 Å². The van der Waals surface area contributed by atoms with Gasteiger partial charge in [0.05, 0.1) is 25.1 Å². The molecule has 1 amide bonds. The fraction of sp³-hybridized carbons (Fsp3) is 0.240. The predicted octanol–water partition coefficient (Wildman–Crippen LogP) is 1.94. The quantitative estimate of drug-likeness (QED) is 0.454. The third kappa shape index (κ3) is 2.68. The van der Waals surface area contributed by atoms with E-state index in [1.165, 1.54) is 18.3 Å². The maximum absolute atomic E-state index is 14.8. The van der Waals surface area contributed by atoms with Crippen LogP contribution >= 0.6 is 0 Å². The summed E-state index contributed by atoms with van der Waals surface area (Å²) in [5.41, 5.74) is 3.00. The van der Waals surface area contributed by atoms with Gasteiger partial charge in [0.2, 0.25) is 5.43 Å². The van der Waals surface area contributed by atoms with Gasteiger partial charge in [-0.15, -0.1) is 0 Å². The summed E-state index contributed by atoms with van der Waals surface area (Å²) in [5, 5.41) is 12.6. The number of ether oxygens (including phenoxy) is 1. The Kier molecular flexibility index (Phi) is 4.13. The second kappa shape index (κ2) is 7.16. The predicted molar refractivity (Wildman–Crippen MR) is 123 cm³/mol. The molecule has 2 aromatic heterocycles. The van der Waals surface area contributed by atoms with E-state index in [0.29, 0.717) is 25.2 Å². The van der Waals surface area contributed by atoms with Crippen LogP contribution in [0.25, 0.3) is 11.0 Å². The van der Waals surface area contributed by atoms with E-state index in [-0.39, 0.29) is 17.8 Å². The summed E-state index contributed by atoms with van der Waals surface area (Å²) in [7, 11) is 0. The molecule has 7 rings (SSSR count). The van der Waals surface area contributed by atoms with Crippen molar-refractivity contribution < 1.29 is 19.0 Å². The van der Waals surface area contributed by atoms with E-state index >= 15 is 0 Å². The molecule has 9 nitrogen and oxygen atoms in total. The number of benzene rings is 2. The van der Waals surface area contributed by atoms with Crippen molar-refractivity contribution >= 4 is 16.9 Å². The topological polar surface area (TPSA) is 92.8 Å². The van der Waals surface area contributed by atoms with Crippen molar-refractivity contribution in [3.63, 3.8) is 0 Å². The highest BCUT2D eigenvalue weighted by atomic mass is 19.1. The number of hydrogen-bond acceptors (Lipinski definition) is 6. The van der Waals surface area contributed by atoms with Crippen LogP contribution in [0.1, 0.15) is 33.2 Å². The van der Waals surface area contributed by atoms with Gasteiger partial charge < -0.3 is 19.3 Å². The van der Waals surface area contributed by atoms with Gasteiger partial charge in [0.15, 0.2) is 17.3 Å². The standard InChI is InChI=1S/C25H20FN5O4/c26-17-6-5-16-21(15-4-2-1-3-14(15)11-28-13-27-20(17)22(16)28)31-19-12-35-10-9-29(19)25(34)23-24(33)18(32)7-8-30(23)31/h1-8,13,19,21,33H,9-12H2/t19-,21-/m1/s1. The fourth-order valence-corrected chi connectivity index (χ4v) is 5.63. The highest BCUT2D eigenvalue weighted by molar-refractivity contribution is 5.96. The van der Waals surface area contributed by atoms with E-state index in [9.17, 15) is 19.1 Å². The van der Waals surface area contributed by atoms with Crippen molar-refractivity contribution in [1.29, 1.82) is 0 Å². The third-order valence-corrected chi connectivity index (χ3v) is 7.17. The molecule has 0 unspecified atom stereocenters. The number of aromatic hydroxyl groups is 1. The summed E-state index contributed by atoms with van der Waals surface area (Å²) in [6.45, 7) is 1.40. The van der Waals surface area contributed by atoms with Crippen LogP contribution in [0.4, 0.5) is 4.39 Å². The van der Waals surface area contributed by atoms with Gasteiger partial charge in [0.1, 0.15) is 17.7 Å². The van der Waals surface area contributed by atoms with E-state index in [0.717, 1.165) is 16.7 Å². The molecule has 4 aromatic rings. The molecule has 1 fully saturated rings. The smallest absolute Gasteiger partial charge is 0.278 e. The van der Waals surface area contributed by atoms with Crippen molar-refractivity contribution in [1.82, 2.24) is 19.1 Å². The van der Waals surface area contributed by atoms with Crippen molar-refractivity contribution in [2.45, 2.75) is 18.8 Å². The van der Waals surface area contributed by atoms with E-state index in [1.54, 1.807) is 22.0 Å². The fourth-order valence-electron chi connectivity index (χ4n) is 5.63. The van der Waals surface area contributed by atoms with E-state index in [2.05, 4.69) is 4.98 Å². The second-order valence-electron chi connectivity index (χ2n) is 8.96. The second-order valence-corrected chi connectivity index (χ2v) is 8.96. The molecule has 1 N–H and O–H groups in total. The SMILES string of the molecule is O=C1c2c(O)c(=O)ccn2N([C@@H]2c3ccccc3Cn3cnc4c(F)ccc2c43)[C@@H]2COCCN12. The number of imidazole rings is 1. The minimum absolute atomic E-state index is 0.0933. The zero-order chi connectivity index (χ0) is 23.8. The minimum Gasteiger partial charge on any atom is -0.502 e. The van der Waals surface area contributed by atoms with Gasteiger partial charge in [0, 0.05) is 30.9 Å². The molecule has 3 aliphatic rings. The molecule has 0 bridgehead atoms. The average Bonchev–Trinajstić information content (AvgIpc) is 3.24. The highest BCUT2D eigenvalue weighted by Gasteiger charge is 2.46. The number of nitrogens with zero attached hydrogens (tertiary/aromatic N) is 5. The van der Waals surface area contributed by atoms with Gasteiger partial charge in [-0.2, -0.15) is 0 Å². The number of carbonyl (C=O) groups excluding carboxylic acids is 1. The average molecular weight is 473 g/mol. The van der Waals surface area contributed by atoms with Gasteiger partial charge in [-0.25, -0.2) is 9.37 Å². The summed E-state index contributed by atoms with van der Waals surface area (Å²) < 4.78 is 24.1. The normalized spacial score (nSPS) is 20.9. The number of halogens is 1. The molecule has 10 heteroatoms. The third-order valence-electron chi connectivity index (χ3n) is 7.17. The maximum atomic E-state index is 14.8. The Morgan fingerprint density at radius 1 is 1.09 bits per heavy atom. The first-order valence-corrected chi connectivity index (χ1v) is 11.4. The molecule has 2 atom stereocenters. The number of hydrogen-bond donors (Lipinski definition) is 1. The molecule has 0 radical (unpaired) electrons. The van der Waals surface area contributed by atoms with Gasteiger partial charge in [0.25, 0.3) is 5.91 Å². The number of aromatic nitrogens is 3. The first kappa shape index (κ1) is 20.2. The maximum Gasteiger partial charge on any atom is 0.278 e. The summed E-state index contributed by atoms with van der Waals surface area (Å²) in [5.74, 6) is -1.44. The van der Waals surface area contributed by atoms with Crippen LogP contribution in [0.2, 0.25) is 0 Å². The summed E-state index contributed by atoms with van der Waals surface area (Å²) >= 11 is 0. The van der Waals surface area contributed by atoms with E-state index < -0.39 is 35.1 Å². The van der Waals surface area contributed by atoms with Crippen molar-refractivity contribution in [2.75, 3.05) is 24.8 Å². The lowest BCUT2D eigenvalue weighted by Crippen LogP contribution is -2.66. The van der Waals surface area contributed by atoms with Crippen molar-refractivity contribution in [3.8, 4) is 5.75 Å². The van der Waals surface area contributed by atoms with E-state index in [1.807, 2.05) is 33.8 Å². The van der Waals surface area contributed by atoms with Crippen LogP contribution in [-0.4, -0.2) is 56.1 Å². The lowest BCUT2D eigenvalue weighted by Gasteiger charge is -2.51. The minimum atomic E-state index is -0.625. The Labute approximate surface area is 198 Å². The number of rotatable bonds is 1. The molecule has 1 saturated heterocycles. The Bertz CT molecular complexity index is 1590. The molecule has 3 aliphatic heterocycles. The van der Waals surface area contributed by atoms with Crippen molar-refractivity contribution in [3.05, 3.63) is 93.4 Å². The van der Waals surface area contributed by atoms with E-state index in [4.69, 9.17) is 4.74 Å².